The van der Waals surface area contributed by atoms with Crippen LogP contribution in [0.5, 0.6) is 0 Å². The second kappa shape index (κ2) is 6.38. The highest BCUT2D eigenvalue weighted by atomic mass is 32.2. The van der Waals surface area contributed by atoms with E-state index in [4.69, 9.17) is 0 Å². The number of aryl methyl sites for hydroxylation is 1. The lowest BCUT2D eigenvalue weighted by atomic mass is 10.1. The Morgan fingerprint density at radius 1 is 1.29 bits per heavy atom. The maximum absolute atomic E-state index is 12.2. The van der Waals surface area contributed by atoms with E-state index in [1.165, 1.54) is 24.5 Å². The van der Waals surface area contributed by atoms with Gasteiger partial charge in [0.1, 0.15) is 11.4 Å². The van der Waals surface area contributed by atoms with E-state index in [2.05, 4.69) is 20.3 Å². The van der Waals surface area contributed by atoms with Gasteiger partial charge in [0.2, 0.25) is 5.91 Å². The molecule has 0 bridgehead atoms. The van der Waals surface area contributed by atoms with E-state index in [1.807, 2.05) is 11.8 Å². The lowest BCUT2D eigenvalue weighted by Crippen LogP contribution is -2.36. The van der Waals surface area contributed by atoms with Crippen molar-refractivity contribution in [3.8, 4) is 0 Å². The van der Waals surface area contributed by atoms with E-state index >= 15 is 0 Å². The molecule has 0 atom stereocenters. The zero-order chi connectivity index (χ0) is 14.7. The van der Waals surface area contributed by atoms with Crippen LogP contribution in [0.15, 0.2) is 11.4 Å². The summed E-state index contributed by atoms with van der Waals surface area (Å²) in [4.78, 5) is 22.6. The van der Waals surface area contributed by atoms with E-state index in [0.717, 1.165) is 36.6 Å². The SMILES string of the molecule is CCn1nnc2c(SCC(=O)N3CCCCC3)ncnc21. The highest BCUT2D eigenvalue weighted by Gasteiger charge is 2.18. The third-order valence-corrected chi connectivity index (χ3v) is 4.57. The van der Waals surface area contributed by atoms with Crippen molar-refractivity contribution in [3.63, 3.8) is 0 Å². The van der Waals surface area contributed by atoms with Gasteiger partial charge >= 0.3 is 0 Å². The summed E-state index contributed by atoms with van der Waals surface area (Å²) in [6.07, 6.45) is 4.95. The Balaban J connectivity index is 1.70. The van der Waals surface area contributed by atoms with Crippen molar-refractivity contribution < 1.29 is 4.79 Å². The Kier molecular flexibility index (Phi) is 4.33. The number of hydrogen-bond donors (Lipinski definition) is 0. The Bertz CT molecular complexity index is 637. The van der Waals surface area contributed by atoms with Gasteiger partial charge in [0.25, 0.3) is 0 Å². The van der Waals surface area contributed by atoms with E-state index in [9.17, 15) is 4.79 Å². The molecule has 1 aliphatic rings. The van der Waals surface area contributed by atoms with Gasteiger partial charge < -0.3 is 4.90 Å². The summed E-state index contributed by atoms with van der Waals surface area (Å²) in [7, 11) is 0. The first kappa shape index (κ1) is 14.2. The van der Waals surface area contributed by atoms with Gasteiger partial charge in [-0.25, -0.2) is 14.6 Å². The molecule has 7 nitrogen and oxygen atoms in total. The summed E-state index contributed by atoms with van der Waals surface area (Å²) < 4.78 is 1.73. The Labute approximate surface area is 127 Å². The molecule has 0 aromatic carbocycles. The zero-order valence-electron chi connectivity index (χ0n) is 12.0. The minimum atomic E-state index is 0.175. The molecule has 2 aromatic heterocycles. The van der Waals surface area contributed by atoms with Gasteiger partial charge in [-0.15, -0.1) is 5.10 Å². The molecule has 1 aliphatic heterocycles. The van der Waals surface area contributed by atoms with Crippen LogP contribution in [-0.2, 0) is 11.3 Å². The molecule has 112 valence electrons. The van der Waals surface area contributed by atoms with Gasteiger partial charge in [-0.05, 0) is 26.2 Å². The first-order valence-electron chi connectivity index (χ1n) is 7.24. The number of amides is 1. The van der Waals surface area contributed by atoms with Gasteiger partial charge in [-0.1, -0.05) is 17.0 Å². The van der Waals surface area contributed by atoms with Gasteiger partial charge in [-0.2, -0.15) is 0 Å². The molecule has 8 heteroatoms. The molecule has 0 radical (unpaired) electrons. The second-order valence-corrected chi connectivity index (χ2v) is 5.95. The normalized spacial score (nSPS) is 15.6. The fraction of sp³-hybridized carbons (Fsp3) is 0.615. The summed E-state index contributed by atoms with van der Waals surface area (Å²) in [5, 5.41) is 8.90. The maximum Gasteiger partial charge on any atom is 0.232 e. The maximum atomic E-state index is 12.2. The third-order valence-electron chi connectivity index (χ3n) is 3.61. The van der Waals surface area contributed by atoms with Crippen molar-refractivity contribution in [2.24, 2.45) is 0 Å². The molecule has 3 heterocycles. The van der Waals surface area contributed by atoms with Crippen molar-refractivity contribution >= 4 is 28.8 Å². The highest BCUT2D eigenvalue weighted by Crippen LogP contribution is 2.23. The molecule has 1 fully saturated rings. The summed E-state index contributed by atoms with van der Waals surface area (Å²) >= 11 is 1.42. The van der Waals surface area contributed by atoms with Crippen molar-refractivity contribution in [2.75, 3.05) is 18.8 Å². The summed E-state index contributed by atoms with van der Waals surface area (Å²) in [6, 6.07) is 0. The Morgan fingerprint density at radius 3 is 2.86 bits per heavy atom. The molecule has 0 spiro atoms. The van der Waals surface area contributed by atoms with Gasteiger partial charge in [-0.3, -0.25) is 4.79 Å². The van der Waals surface area contributed by atoms with Gasteiger partial charge in [0.05, 0.1) is 5.75 Å². The zero-order valence-corrected chi connectivity index (χ0v) is 12.8. The fourth-order valence-electron chi connectivity index (χ4n) is 2.45. The van der Waals surface area contributed by atoms with Crippen molar-refractivity contribution in [3.05, 3.63) is 6.33 Å². The number of rotatable bonds is 4. The largest absolute Gasteiger partial charge is 0.342 e. The van der Waals surface area contributed by atoms with Crippen molar-refractivity contribution in [2.45, 2.75) is 37.8 Å². The smallest absolute Gasteiger partial charge is 0.232 e. The summed E-state index contributed by atoms with van der Waals surface area (Å²) in [5.41, 5.74) is 1.40. The number of carbonyl (C=O) groups is 1. The Morgan fingerprint density at radius 2 is 2.10 bits per heavy atom. The van der Waals surface area contributed by atoms with Crippen LogP contribution < -0.4 is 0 Å². The molecular formula is C13H18N6OS. The van der Waals surface area contributed by atoms with Crippen LogP contribution in [-0.4, -0.2) is 54.6 Å². The van der Waals surface area contributed by atoms with Crippen LogP contribution in [0.2, 0.25) is 0 Å². The van der Waals surface area contributed by atoms with Gasteiger partial charge in [0, 0.05) is 19.6 Å². The van der Waals surface area contributed by atoms with Crippen LogP contribution >= 0.6 is 11.8 Å². The highest BCUT2D eigenvalue weighted by molar-refractivity contribution is 8.00. The summed E-state index contributed by atoms with van der Waals surface area (Å²) in [6.45, 7) is 4.46. The number of nitrogens with zero attached hydrogens (tertiary/aromatic N) is 6. The van der Waals surface area contributed by atoms with Crippen LogP contribution in [0.3, 0.4) is 0 Å². The van der Waals surface area contributed by atoms with E-state index in [-0.39, 0.29) is 5.91 Å². The molecule has 0 unspecified atom stereocenters. The average Bonchev–Trinajstić information content (AvgIpc) is 2.97. The minimum absolute atomic E-state index is 0.175. The number of thioether (sulfide) groups is 1. The van der Waals surface area contributed by atoms with Crippen LogP contribution in [0, 0.1) is 0 Å². The van der Waals surface area contributed by atoms with Crippen molar-refractivity contribution in [1.82, 2.24) is 29.9 Å². The number of piperidine rings is 1. The third kappa shape index (κ3) is 2.99. The van der Waals surface area contributed by atoms with E-state index in [0.29, 0.717) is 17.8 Å². The van der Waals surface area contributed by atoms with Gasteiger partial charge in [0.15, 0.2) is 11.2 Å². The van der Waals surface area contributed by atoms with Crippen LogP contribution in [0.4, 0.5) is 0 Å². The lowest BCUT2D eigenvalue weighted by Gasteiger charge is -2.26. The molecule has 0 aliphatic carbocycles. The molecule has 1 amide bonds. The topological polar surface area (TPSA) is 76.8 Å². The first-order valence-corrected chi connectivity index (χ1v) is 8.23. The molecule has 21 heavy (non-hydrogen) atoms. The second-order valence-electron chi connectivity index (χ2n) is 4.99. The quantitative estimate of drug-likeness (QED) is 0.627. The molecule has 3 rings (SSSR count). The molecule has 0 N–H and O–H groups in total. The number of carbonyl (C=O) groups excluding carboxylic acids is 1. The average molecular weight is 306 g/mol. The lowest BCUT2D eigenvalue weighted by molar-refractivity contribution is -0.129. The van der Waals surface area contributed by atoms with E-state index < -0.39 is 0 Å². The molecule has 2 aromatic rings. The van der Waals surface area contributed by atoms with E-state index in [1.54, 1.807) is 4.68 Å². The molecule has 0 saturated carbocycles. The van der Waals surface area contributed by atoms with Crippen molar-refractivity contribution in [1.29, 1.82) is 0 Å². The predicted octanol–water partition coefficient (Wildman–Crippen LogP) is 1.35. The fourth-order valence-corrected chi connectivity index (χ4v) is 3.29. The number of hydrogen-bond acceptors (Lipinski definition) is 6. The number of likely N-dealkylation sites (tertiary alicyclic amines) is 1. The minimum Gasteiger partial charge on any atom is -0.342 e. The van der Waals surface area contributed by atoms with Crippen LogP contribution in [0.1, 0.15) is 26.2 Å². The predicted molar refractivity (Wildman–Crippen MR) is 79.9 cm³/mol. The number of fused-ring (bicyclic) bond motifs is 1. The molecule has 1 saturated heterocycles. The summed E-state index contributed by atoms with van der Waals surface area (Å²) in [5.74, 6) is 0.569. The molecular weight excluding hydrogens is 288 g/mol. The monoisotopic (exact) mass is 306 g/mol. The van der Waals surface area contributed by atoms with Crippen LogP contribution in [0.25, 0.3) is 11.2 Å². The standard InChI is InChI=1S/C13H18N6OS/c1-2-19-12-11(16-17-19)13(15-9-14-12)21-8-10(20)18-6-4-3-5-7-18/h9H,2-8H2,1H3. The number of aromatic nitrogens is 5. The first-order chi connectivity index (χ1) is 10.3. The Hall–Kier alpha value is -1.70.